The van der Waals surface area contributed by atoms with Crippen molar-refractivity contribution >= 4 is 39.3 Å². The summed E-state index contributed by atoms with van der Waals surface area (Å²) in [5.41, 5.74) is 1.09. The molecule has 0 bridgehead atoms. The van der Waals surface area contributed by atoms with Gasteiger partial charge in [-0.05, 0) is 31.7 Å². The quantitative estimate of drug-likeness (QED) is 0.823. The van der Waals surface area contributed by atoms with Gasteiger partial charge in [-0.1, -0.05) is 0 Å². The van der Waals surface area contributed by atoms with Gasteiger partial charge in [-0.25, -0.2) is 13.1 Å². The lowest BCUT2D eigenvalue weighted by Gasteiger charge is -2.20. The number of benzene rings is 1. The van der Waals surface area contributed by atoms with E-state index in [4.69, 9.17) is 0 Å². The molecule has 0 aliphatic carbocycles. The average Bonchev–Trinajstić information content (AvgIpc) is 3.04. The first kappa shape index (κ1) is 16.3. The fourth-order valence-electron chi connectivity index (χ4n) is 2.73. The second-order valence-electron chi connectivity index (χ2n) is 5.46. The largest absolute Gasteiger partial charge is 0.337 e. The molecule has 0 spiro atoms. The molecule has 23 heavy (non-hydrogen) atoms. The second-order valence-corrected chi connectivity index (χ2v) is 8.64. The molecular formula is C14H17N3O4S2. The van der Waals surface area contributed by atoms with E-state index in [0.717, 1.165) is 4.90 Å². The van der Waals surface area contributed by atoms with Crippen LogP contribution in [0.3, 0.4) is 0 Å². The highest BCUT2D eigenvalue weighted by molar-refractivity contribution is 8.00. The van der Waals surface area contributed by atoms with Gasteiger partial charge in [-0.3, -0.25) is 9.59 Å². The molecule has 0 aromatic heterocycles. The Balaban J connectivity index is 1.77. The number of carbonyl (C=O) groups excluding carboxylic acids is 2. The normalized spacial score (nSPS) is 21.0. The van der Waals surface area contributed by atoms with Gasteiger partial charge in [0.25, 0.3) is 5.91 Å². The van der Waals surface area contributed by atoms with Crippen LogP contribution in [0.15, 0.2) is 23.1 Å². The van der Waals surface area contributed by atoms with Crippen molar-refractivity contribution in [2.45, 2.75) is 16.6 Å². The van der Waals surface area contributed by atoms with Crippen LogP contribution in [0.4, 0.5) is 5.69 Å². The number of amides is 2. The van der Waals surface area contributed by atoms with Crippen molar-refractivity contribution in [3.8, 4) is 0 Å². The molecule has 124 valence electrons. The van der Waals surface area contributed by atoms with Gasteiger partial charge < -0.3 is 10.2 Å². The summed E-state index contributed by atoms with van der Waals surface area (Å²) in [5.74, 6) is 0.0653. The molecule has 2 heterocycles. The lowest BCUT2D eigenvalue weighted by molar-refractivity contribution is -0.113. The fraction of sp³-hybridized carbons (Fsp3) is 0.429. The SMILES string of the molecule is CNS(=O)(=O)C1CCN(C(=O)c2ccc3c(c2)NC(=O)CS3)C1. The molecule has 2 aliphatic heterocycles. The first-order chi connectivity index (χ1) is 10.9. The monoisotopic (exact) mass is 355 g/mol. The standard InChI is InChI=1S/C14H17N3O4S2/c1-15-23(20,21)10-4-5-17(7-10)14(19)9-2-3-12-11(6-9)16-13(18)8-22-12/h2-3,6,10,15H,4-5,7-8H2,1H3,(H,16,18). The molecule has 1 unspecified atom stereocenters. The first-order valence-corrected chi connectivity index (χ1v) is 9.72. The molecule has 3 rings (SSSR count). The van der Waals surface area contributed by atoms with Gasteiger partial charge in [0.2, 0.25) is 15.9 Å². The Morgan fingerprint density at radius 3 is 2.96 bits per heavy atom. The molecule has 0 saturated carbocycles. The van der Waals surface area contributed by atoms with E-state index in [2.05, 4.69) is 10.0 Å². The Bertz CT molecular complexity index is 763. The smallest absolute Gasteiger partial charge is 0.253 e. The minimum Gasteiger partial charge on any atom is -0.337 e. The predicted octanol–water partition coefficient (Wildman–Crippen LogP) is 0.495. The van der Waals surface area contributed by atoms with E-state index in [0.29, 0.717) is 30.0 Å². The van der Waals surface area contributed by atoms with Crippen LogP contribution in [0.25, 0.3) is 0 Å². The number of sulfonamides is 1. The number of rotatable bonds is 3. The van der Waals surface area contributed by atoms with Crippen LogP contribution < -0.4 is 10.0 Å². The van der Waals surface area contributed by atoms with Crippen LogP contribution in [0.2, 0.25) is 0 Å². The van der Waals surface area contributed by atoms with E-state index in [1.807, 2.05) is 6.07 Å². The Labute approximate surface area is 138 Å². The van der Waals surface area contributed by atoms with E-state index < -0.39 is 15.3 Å². The van der Waals surface area contributed by atoms with Gasteiger partial charge in [0.1, 0.15) is 0 Å². The lowest BCUT2D eigenvalue weighted by atomic mass is 10.1. The number of hydrogen-bond acceptors (Lipinski definition) is 5. The lowest BCUT2D eigenvalue weighted by Crippen LogP contribution is -2.36. The summed E-state index contributed by atoms with van der Waals surface area (Å²) in [6.07, 6.45) is 0.423. The highest BCUT2D eigenvalue weighted by Crippen LogP contribution is 2.32. The van der Waals surface area contributed by atoms with Crippen LogP contribution >= 0.6 is 11.8 Å². The summed E-state index contributed by atoms with van der Waals surface area (Å²) in [6, 6.07) is 5.18. The number of nitrogens with zero attached hydrogens (tertiary/aromatic N) is 1. The summed E-state index contributed by atoms with van der Waals surface area (Å²) >= 11 is 1.43. The predicted molar refractivity (Wildman–Crippen MR) is 88.1 cm³/mol. The molecule has 7 nitrogen and oxygen atoms in total. The van der Waals surface area contributed by atoms with Gasteiger partial charge in [-0.15, -0.1) is 11.8 Å². The Morgan fingerprint density at radius 1 is 1.43 bits per heavy atom. The summed E-state index contributed by atoms with van der Waals surface area (Å²) < 4.78 is 26.0. The minimum absolute atomic E-state index is 0.0894. The van der Waals surface area contributed by atoms with E-state index in [1.54, 1.807) is 17.0 Å². The number of anilines is 1. The molecule has 2 N–H and O–H groups in total. The molecule has 1 fully saturated rings. The molecule has 9 heteroatoms. The van der Waals surface area contributed by atoms with E-state index in [9.17, 15) is 18.0 Å². The van der Waals surface area contributed by atoms with Gasteiger partial charge in [0.05, 0.1) is 16.7 Å². The summed E-state index contributed by atoms with van der Waals surface area (Å²) in [5, 5.41) is 2.17. The number of hydrogen-bond donors (Lipinski definition) is 2. The number of thioether (sulfide) groups is 1. The van der Waals surface area contributed by atoms with Crippen LogP contribution in [0.5, 0.6) is 0 Å². The Kier molecular flexibility index (Phi) is 4.35. The number of nitrogens with one attached hydrogen (secondary N) is 2. The zero-order chi connectivity index (χ0) is 16.6. The highest BCUT2D eigenvalue weighted by Gasteiger charge is 2.34. The molecular weight excluding hydrogens is 338 g/mol. The minimum atomic E-state index is -3.37. The summed E-state index contributed by atoms with van der Waals surface area (Å²) in [4.78, 5) is 26.5. The summed E-state index contributed by atoms with van der Waals surface area (Å²) in [6.45, 7) is 0.586. The molecule has 2 aliphatic rings. The maximum absolute atomic E-state index is 12.6. The zero-order valence-electron chi connectivity index (χ0n) is 12.5. The van der Waals surface area contributed by atoms with Crippen molar-refractivity contribution in [2.75, 3.05) is 31.2 Å². The van der Waals surface area contributed by atoms with Crippen LogP contribution in [-0.4, -0.2) is 56.3 Å². The molecule has 1 aromatic rings. The molecule has 1 atom stereocenters. The van der Waals surface area contributed by atoms with Crippen molar-refractivity contribution in [3.63, 3.8) is 0 Å². The zero-order valence-corrected chi connectivity index (χ0v) is 14.2. The Morgan fingerprint density at radius 2 is 2.22 bits per heavy atom. The molecule has 1 saturated heterocycles. The molecule has 0 radical (unpaired) electrons. The van der Waals surface area contributed by atoms with E-state index >= 15 is 0 Å². The third-order valence-electron chi connectivity index (χ3n) is 4.01. The van der Waals surface area contributed by atoms with Crippen LogP contribution in [-0.2, 0) is 14.8 Å². The second kappa shape index (κ2) is 6.14. The fourth-order valence-corrected chi connectivity index (χ4v) is 4.65. The third kappa shape index (κ3) is 3.22. The average molecular weight is 355 g/mol. The topological polar surface area (TPSA) is 95.6 Å². The van der Waals surface area contributed by atoms with Crippen LogP contribution in [0, 0.1) is 0 Å². The highest BCUT2D eigenvalue weighted by atomic mass is 32.2. The maximum atomic E-state index is 12.6. The van der Waals surface area contributed by atoms with Crippen molar-refractivity contribution in [3.05, 3.63) is 23.8 Å². The summed E-state index contributed by atoms with van der Waals surface area (Å²) in [7, 11) is -1.99. The van der Waals surface area contributed by atoms with Gasteiger partial charge in [0.15, 0.2) is 0 Å². The number of likely N-dealkylation sites (tertiary alicyclic amines) is 1. The van der Waals surface area contributed by atoms with E-state index in [-0.39, 0.29) is 18.4 Å². The number of fused-ring (bicyclic) bond motifs is 1. The van der Waals surface area contributed by atoms with Crippen molar-refractivity contribution in [1.82, 2.24) is 9.62 Å². The maximum Gasteiger partial charge on any atom is 0.253 e. The van der Waals surface area contributed by atoms with Crippen molar-refractivity contribution in [2.24, 2.45) is 0 Å². The van der Waals surface area contributed by atoms with Crippen molar-refractivity contribution < 1.29 is 18.0 Å². The molecule has 2 amide bonds. The Hall–Kier alpha value is -1.58. The third-order valence-corrected chi connectivity index (χ3v) is 6.92. The number of carbonyl (C=O) groups is 2. The van der Waals surface area contributed by atoms with Gasteiger partial charge >= 0.3 is 0 Å². The van der Waals surface area contributed by atoms with Gasteiger partial charge in [0, 0.05) is 23.5 Å². The first-order valence-electron chi connectivity index (χ1n) is 7.19. The van der Waals surface area contributed by atoms with Crippen molar-refractivity contribution in [1.29, 1.82) is 0 Å². The molecule has 1 aromatic carbocycles. The van der Waals surface area contributed by atoms with Gasteiger partial charge in [-0.2, -0.15) is 0 Å². The van der Waals surface area contributed by atoms with E-state index in [1.165, 1.54) is 18.8 Å². The van der Waals surface area contributed by atoms with Crippen LogP contribution in [0.1, 0.15) is 16.8 Å².